The number of methoxy groups -OCH3 is 2. The van der Waals surface area contributed by atoms with Gasteiger partial charge in [-0.15, -0.1) is 0 Å². The van der Waals surface area contributed by atoms with Crippen molar-refractivity contribution in [2.24, 2.45) is 0 Å². The van der Waals surface area contributed by atoms with Crippen LogP contribution in [0.25, 0.3) is 0 Å². The van der Waals surface area contributed by atoms with Crippen molar-refractivity contribution >= 4 is 5.78 Å². The van der Waals surface area contributed by atoms with E-state index < -0.39 is 22.8 Å². The van der Waals surface area contributed by atoms with Gasteiger partial charge in [0.2, 0.25) is 0 Å². The smallest absolute Gasteiger partial charge is 0.493 e. The summed E-state index contributed by atoms with van der Waals surface area (Å²) >= 11 is 0. The zero-order valence-electron chi connectivity index (χ0n) is 13.2. The van der Waals surface area contributed by atoms with Crippen LogP contribution in [0.5, 0.6) is 11.5 Å². The number of Topliss-reactive ketones (excluding diaryl/α,β-unsaturated/α-hetero) is 1. The first-order chi connectivity index (χ1) is 11.1. The number of carbonyl (C=O) groups excluding carboxylic acids is 1. The second kappa shape index (κ2) is 10.5. The van der Waals surface area contributed by atoms with Crippen LogP contribution in [0.2, 0.25) is 0 Å². The molecule has 0 N–H and O–H groups in total. The summed E-state index contributed by atoms with van der Waals surface area (Å²) in [6, 6.07) is 10.3. The van der Waals surface area contributed by atoms with Gasteiger partial charge in [-0.25, -0.2) is 21.0 Å². The van der Waals surface area contributed by atoms with E-state index in [0.717, 1.165) is 0 Å². The van der Waals surface area contributed by atoms with Gasteiger partial charge in [0.25, 0.3) is 0 Å². The van der Waals surface area contributed by atoms with Crippen molar-refractivity contribution in [2.75, 3.05) is 14.2 Å². The first-order valence-electron chi connectivity index (χ1n) is 6.06. The predicted octanol–water partition coefficient (Wildman–Crippen LogP) is -1.14. The average Bonchev–Trinajstić information content (AvgIpc) is 2.60. The van der Waals surface area contributed by atoms with Gasteiger partial charge in [0.05, 0.1) is 20.0 Å². The maximum atomic E-state index is 12.6. The number of ether oxygens (including phenoxy) is 2. The number of allylic oxidation sites excluding steroid dienone is 2. The summed E-state index contributed by atoms with van der Waals surface area (Å²) in [7, 11) is 2.80. The Kier molecular flexibility index (Phi) is 9.46. The largest absolute Gasteiger partial charge is 1.00 e. The van der Waals surface area contributed by atoms with Gasteiger partial charge in [-0.2, -0.15) is 0 Å². The minimum atomic E-state index is -0.804. The standard InChI is InChI=1S/C16H9N4O3.K/c1-22-13-4-3-10(5-14(13)23-2)16(21)15(11(6-17)7-18)12(8-19)9-20;/h3-5H,1-2H3;/q-1;+1. The molecule has 7 nitrogen and oxygen atoms in total. The maximum absolute atomic E-state index is 12.6. The van der Waals surface area contributed by atoms with Crippen molar-refractivity contribution in [2.45, 2.75) is 0 Å². The van der Waals surface area contributed by atoms with Gasteiger partial charge >= 0.3 is 51.4 Å². The zero-order chi connectivity index (χ0) is 17.4. The van der Waals surface area contributed by atoms with E-state index in [-0.39, 0.29) is 62.7 Å². The molecule has 0 aromatic heterocycles. The Morgan fingerprint density at radius 2 is 1.54 bits per heavy atom. The van der Waals surface area contributed by atoms with E-state index in [1.165, 1.54) is 56.7 Å². The summed E-state index contributed by atoms with van der Waals surface area (Å²) in [5.74, 6) is -0.784. The SMILES string of the molecule is COc1ccc(C(=O)C(=C(C#N)C#N)[C-](C#N)C#N)cc1OC.[K+]. The van der Waals surface area contributed by atoms with Crippen molar-refractivity contribution < 1.29 is 65.7 Å². The van der Waals surface area contributed by atoms with E-state index in [2.05, 4.69) is 0 Å². The molecule has 0 aliphatic heterocycles. The number of carbonyl (C=O) groups is 1. The molecule has 0 bridgehead atoms. The van der Waals surface area contributed by atoms with Crippen LogP contribution in [0.15, 0.2) is 29.3 Å². The van der Waals surface area contributed by atoms with E-state index in [0.29, 0.717) is 5.75 Å². The van der Waals surface area contributed by atoms with Gasteiger partial charge in [0, 0.05) is 35.8 Å². The van der Waals surface area contributed by atoms with Crippen LogP contribution in [-0.2, 0) is 0 Å². The van der Waals surface area contributed by atoms with Crippen molar-refractivity contribution in [3.8, 4) is 35.8 Å². The van der Waals surface area contributed by atoms with Gasteiger partial charge in [0.15, 0.2) is 11.5 Å². The summed E-state index contributed by atoms with van der Waals surface area (Å²) < 4.78 is 10.1. The van der Waals surface area contributed by atoms with Crippen LogP contribution in [-0.4, -0.2) is 20.0 Å². The molecule has 8 heteroatoms. The molecule has 0 fully saturated rings. The van der Waals surface area contributed by atoms with E-state index in [1.807, 2.05) is 0 Å². The minimum Gasteiger partial charge on any atom is -0.493 e. The molecule has 0 unspecified atom stereocenters. The van der Waals surface area contributed by atoms with Crippen molar-refractivity contribution in [1.29, 1.82) is 21.0 Å². The molecule has 0 radical (unpaired) electrons. The number of benzene rings is 1. The van der Waals surface area contributed by atoms with Crippen LogP contribution < -0.4 is 60.9 Å². The van der Waals surface area contributed by atoms with Crippen molar-refractivity contribution in [1.82, 2.24) is 0 Å². The van der Waals surface area contributed by atoms with Gasteiger partial charge in [-0.1, -0.05) is 11.6 Å². The third-order valence-corrected chi connectivity index (χ3v) is 2.82. The summed E-state index contributed by atoms with van der Waals surface area (Å²) in [6.45, 7) is 0. The van der Waals surface area contributed by atoms with Crippen LogP contribution in [0.3, 0.4) is 0 Å². The van der Waals surface area contributed by atoms with Gasteiger partial charge in [0.1, 0.15) is 0 Å². The molecule has 0 spiro atoms. The fourth-order valence-electron chi connectivity index (χ4n) is 1.75. The topological polar surface area (TPSA) is 131 Å². The Bertz CT molecular complexity index is 805. The molecule has 24 heavy (non-hydrogen) atoms. The molecule has 1 aromatic rings. The van der Waals surface area contributed by atoms with Crippen LogP contribution in [0.4, 0.5) is 0 Å². The molecule has 0 aliphatic carbocycles. The number of nitrogens with zero attached hydrogens (tertiary/aromatic N) is 4. The predicted molar refractivity (Wildman–Crippen MR) is 76.6 cm³/mol. The van der Waals surface area contributed by atoms with Gasteiger partial charge < -0.3 is 14.3 Å². The summed E-state index contributed by atoms with van der Waals surface area (Å²) in [5.41, 5.74) is -1.10. The number of hydrogen-bond donors (Lipinski definition) is 0. The number of hydrogen-bond acceptors (Lipinski definition) is 7. The second-order valence-corrected chi connectivity index (χ2v) is 3.97. The minimum absolute atomic E-state index is 0. The molecule has 0 saturated carbocycles. The number of nitriles is 4. The van der Waals surface area contributed by atoms with Gasteiger partial charge in [-0.3, -0.25) is 0 Å². The molecule has 0 amide bonds. The molecule has 1 aromatic carbocycles. The van der Waals surface area contributed by atoms with Crippen LogP contribution >= 0.6 is 0 Å². The first kappa shape index (κ1) is 21.7. The van der Waals surface area contributed by atoms with Gasteiger partial charge in [-0.05, 0) is 17.7 Å². The fraction of sp³-hybridized carbons (Fsp3) is 0.125. The second-order valence-electron chi connectivity index (χ2n) is 3.97. The quantitative estimate of drug-likeness (QED) is 0.217. The zero-order valence-corrected chi connectivity index (χ0v) is 16.4. The van der Waals surface area contributed by atoms with E-state index >= 15 is 0 Å². The number of ketones is 1. The van der Waals surface area contributed by atoms with Crippen molar-refractivity contribution in [3.05, 3.63) is 40.8 Å². The Hall–Kier alpha value is -2.30. The molecule has 112 valence electrons. The summed E-state index contributed by atoms with van der Waals surface area (Å²) in [5, 5.41) is 35.8. The summed E-state index contributed by atoms with van der Waals surface area (Å²) in [6.07, 6.45) is 0. The first-order valence-corrected chi connectivity index (χ1v) is 6.06. The van der Waals surface area contributed by atoms with E-state index in [9.17, 15) is 4.79 Å². The molecule has 0 atom stereocenters. The normalized spacial score (nSPS) is 8.08. The molecule has 1 rings (SSSR count). The third kappa shape index (κ3) is 4.60. The monoisotopic (exact) mass is 344 g/mol. The molecular formula is C16H9KN4O3. The van der Waals surface area contributed by atoms with Crippen molar-refractivity contribution in [3.63, 3.8) is 0 Å². The van der Waals surface area contributed by atoms with Crippen LogP contribution in [0.1, 0.15) is 10.4 Å². The molecular weight excluding hydrogens is 335 g/mol. The fourth-order valence-corrected chi connectivity index (χ4v) is 1.75. The van der Waals surface area contributed by atoms with E-state index in [1.54, 1.807) is 0 Å². The third-order valence-electron chi connectivity index (χ3n) is 2.82. The Morgan fingerprint density at radius 3 is 1.96 bits per heavy atom. The maximum Gasteiger partial charge on any atom is 1.00 e. The Labute approximate surface area is 181 Å². The summed E-state index contributed by atoms with van der Waals surface area (Å²) in [4.78, 5) is 12.6. The van der Waals surface area contributed by atoms with Crippen LogP contribution in [0, 0.1) is 51.2 Å². The molecule has 0 heterocycles. The Morgan fingerprint density at radius 1 is 1.00 bits per heavy atom. The molecule has 0 saturated heterocycles. The van der Waals surface area contributed by atoms with E-state index in [4.69, 9.17) is 30.5 Å². The Balaban J connectivity index is 0.00000529. The molecule has 0 aliphatic rings. The average molecular weight is 344 g/mol. The number of rotatable bonds is 5.